The van der Waals surface area contributed by atoms with Crippen molar-refractivity contribution in [1.29, 1.82) is 0 Å². The number of pyridine rings is 1. The Morgan fingerprint density at radius 2 is 2.20 bits per heavy atom. The van der Waals surface area contributed by atoms with Crippen molar-refractivity contribution in [1.82, 2.24) is 4.98 Å². The summed E-state index contributed by atoms with van der Waals surface area (Å²) in [5.74, 6) is 1.21. The van der Waals surface area contributed by atoms with Crippen LogP contribution in [0.3, 0.4) is 0 Å². The molecule has 4 heteroatoms. The van der Waals surface area contributed by atoms with E-state index in [0.717, 1.165) is 24.8 Å². The minimum absolute atomic E-state index is 0.0815. The zero-order valence-electron chi connectivity index (χ0n) is 11.2. The number of aldehydes is 1. The van der Waals surface area contributed by atoms with E-state index in [4.69, 9.17) is 9.47 Å². The predicted molar refractivity (Wildman–Crippen MR) is 74.3 cm³/mol. The van der Waals surface area contributed by atoms with E-state index in [1.165, 1.54) is 5.56 Å². The number of carbonyl (C=O) groups excluding carboxylic acids is 1. The molecule has 0 spiro atoms. The number of aryl methyl sites for hydroxylation is 1. The SMILES string of the molecule is COc1ccc(C=O)cc1OC1CCc2cccnc21. The van der Waals surface area contributed by atoms with Crippen LogP contribution in [0, 0.1) is 0 Å². The van der Waals surface area contributed by atoms with Gasteiger partial charge in [0.15, 0.2) is 11.5 Å². The second-order valence-electron chi connectivity index (χ2n) is 4.72. The maximum absolute atomic E-state index is 10.9. The standard InChI is InChI=1S/C16H15NO3/c1-19-13-6-4-11(10-18)9-15(13)20-14-7-5-12-3-2-8-17-16(12)14/h2-4,6,8-10,14H,5,7H2,1H3. The summed E-state index contributed by atoms with van der Waals surface area (Å²) in [5, 5.41) is 0. The van der Waals surface area contributed by atoms with Gasteiger partial charge in [0.05, 0.1) is 12.8 Å². The van der Waals surface area contributed by atoms with Crippen LogP contribution in [0.15, 0.2) is 36.5 Å². The molecule has 1 aromatic heterocycles. The van der Waals surface area contributed by atoms with E-state index in [1.807, 2.05) is 6.07 Å². The van der Waals surface area contributed by atoms with Crippen LogP contribution < -0.4 is 9.47 Å². The van der Waals surface area contributed by atoms with Gasteiger partial charge in [-0.15, -0.1) is 0 Å². The number of nitrogens with zero attached hydrogens (tertiary/aromatic N) is 1. The monoisotopic (exact) mass is 269 g/mol. The van der Waals surface area contributed by atoms with Crippen molar-refractivity contribution in [3.63, 3.8) is 0 Å². The van der Waals surface area contributed by atoms with Gasteiger partial charge < -0.3 is 9.47 Å². The molecule has 2 aromatic rings. The van der Waals surface area contributed by atoms with Crippen LogP contribution in [0.25, 0.3) is 0 Å². The highest BCUT2D eigenvalue weighted by Crippen LogP contribution is 2.37. The van der Waals surface area contributed by atoms with Crippen LogP contribution in [0.4, 0.5) is 0 Å². The zero-order chi connectivity index (χ0) is 13.9. The van der Waals surface area contributed by atoms with Gasteiger partial charge in [-0.25, -0.2) is 0 Å². The highest BCUT2D eigenvalue weighted by atomic mass is 16.5. The molecule has 0 fully saturated rings. The summed E-state index contributed by atoms with van der Waals surface area (Å²) in [4.78, 5) is 15.3. The van der Waals surface area contributed by atoms with E-state index in [1.54, 1.807) is 31.5 Å². The maximum atomic E-state index is 10.9. The summed E-state index contributed by atoms with van der Waals surface area (Å²) >= 11 is 0. The first-order valence-corrected chi connectivity index (χ1v) is 6.55. The smallest absolute Gasteiger partial charge is 0.162 e. The van der Waals surface area contributed by atoms with Crippen LogP contribution in [0.5, 0.6) is 11.5 Å². The molecule has 0 saturated heterocycles. The van der Waals surface area contributed by atoms with Gasteiger partial charge in [0.25, 0.3) is 0 Å². The average Bonchev–Trinajstić information content (AvgIpc) is 2.90. The Labute approximate surface area is 117 Å². The van der Waals surface area contributed by atoms with Gasteiger partial charge in [0, 0.05) is 11.8 Å². The van der Waals surface area contributed by atoms with Gasteiger partial charge in [0.1, 0.15) is 12.4 Å². The number of rotatable bonds is 4. The van der Waals surface area contributed by atoms with Crippen molar-refractivity contribution >= 4 is 6.29 Å². The largest absolute Gasteiger partial charge is 0.493 e. The normalized spacial score (nSPS) is 16.6. The number of hydrogen-bond donors (Lipinski definition) is 0. The number of fused-ring (bicyclic) bond motifs is 1. The van der Waals surface area contributed by atoms with E-state index in [9.17, 15) is 4.79 Å². The molecule has 0 aliphatic heterocycles. The third-order valence-corrected chi connectivity index (χ3v) is 3.50. The molecule has 4 nitrogen and oxygen atoms in total. The second-order valence-corrected chi connectivity index (χ2v) is 4.72. The second kappa shape index (κ2) is 5.33. The van der Waals surface area contributed by atoms with Crippen LogP contribution in [-0.2, 0) is 6.42 Å². The van der Waals surface area contributed by atoms with Crippen LogP contribution in [0.1, 0.15) is 34.1 Å². The van der Waals surface area contributed by atoms with Crippen LogP contribution in [0.2, 0.25) is 0 Å². The molecule has 1 aromatic carbocycles. The summed E-state index contributed by atoms with van der Waals surface area (Å²) in [6, 6.07) is 9.17. The number of carbonyl (C=O) groups is 1. The molecule has 0 bridgehead atoms. The van der Waals surface area contributed by atoms with Crippen molar-refractivity contribution < 1.29 is 14.3 Å². The predicted octanol–water partition coefficient (Wildman–Crippen LogP) is 2.97. The van der Waals surface area contributed by atoms with Gasteiger partial charge in [-0.1, -0.05) is 6.07 Å². The fraction of sp³-hybridized carbons (Fsp3) is 0.250. The van der Waals surface area contributed by atoms with E-state index in [0.29, 0.717) is 17.1 Å². The summed E-state index contributed by atoms with van der Waals surface area (Å²) < 4.78 is 11.3. The topological polar surface area (TPSA) is 48.4 Å². The average molecular weight is 269 g/mol. The Bertz CT molecular complexity index is 639. The number of hydrogen-bond acceptors (Lipinski definition) is 4. The number of benzene rings is 1. The van der Waals surface area contributed by atoms with Crippen molar-refractivity contribution in [2.75, 3.05) is 7.11 Å². The summed E-state index contributed by atoms with van der Waals surface area (Å²) in [5.41, 5.74) is 2.77. The molecule has 0 N–H and O–H groups in total. The number of methoxy groups -OCH3 is 1. The Balaban J connectivity index is 1.90. The summed E-state index contributed by atoms with van der Waals surface area (Å²) in [6.07, 6.45) is 4.35. The van der Waals surface area contributed by atoms with Gasteiger partial charge >= 0.3 is 0 Å². The lowest BCUT2D eigenvalue weighted by Crippen LogP contribution is -2.06. The third-order valence-electron chi connectivity index (χ3n) is 3.50. The first-order valence-electron chi connectivity index (χ1n) is 6.55. The van der Waals surface area contributed by atoms with Crippen LogP contribution >= 0.6 is 0 Å². The fourth-order valence-corrected chi connectivity index (χ4v) is 2.50. The van der Waals surface area contributed by atoms with Crippen molar-refractivity contribution in [2.45, 2.75) is 18.9 Å². The highest BCUT2D eigenvalue weighted by Gasteiger charge is 2.26. The minimum Gasteiger partial charge on any atom is -0.493 e. The molecule has 20 heavy (non-hydrogen) atoms. The molecule has 1 aliphatic carbocycles. The molecular formula is C16H15NO3. The van der Waals surface area contributed by atoms with Gasteiger partial charge in [-0.2, -0.15) is 0 Å². The third kappa shape index (κ3) is 2.25. The maximum Gasteiger partial charge on any atom is 0.162 e. The van der Waals surface area contributed by atoms with Crippen molar-refractivity contribution in [2.24, 2.45) is 0 Å². The summed E-state index contributed by atoms with van der Waals surface area (Å²) in [6.45, 7) is 0. The Kier molecular flexibility index (Phi) is 3.37. The molecule has 0 radical (unpaired) electrons. The number of aromatic nitrogens is 1. The first kappa shape index (κ1) is 12.7. The Morgan fingerprint density at radius 3 is 3.00 bits per heavy atom. The molecular weight excluding hydrogens is 254 g/mol. The molecule has 1 atom stereocenters. The number of ether oxygens (including phenoxy) is 2. The van der Waals surface area contributed by atoms with E-state index >= 15 is 0 Å². The van der Waals surface area contributed by atoms with Crippen molar-refractivity contribution in [3.05, 3.63) is 53.3 Å². The molecule has 102 valence electrons. The van der Waals surface area contributed by atoms with Crippen LogP contribution in [-0.4, -0.2) is 18.4 Å². The first-order chi connectivity index (χ1) is 9.81. The molecule has 0 amide bonds. The van der Waals surface area contributed by atoms with Gasteiger partial charge in [0.2, 0.25) is 0 Å². The fourth-order valence-electron chi connectivity index (χ4n) is 2.50. The quantitative estimate of drug-likeness (QED) is 0.801. The van der Waals surface area contributed by atoms with Gasteiger partial charge in [-0.3, -0.25) is 9.78 Å². The Morgan fingerprint density at radius 1 is 1.30 bits per heavy atom. The van der Waals surface area contributed by atoms with E-state index in [2.05, 4.69) is 11.1 Å². The lowest BCUT2D eigenvalue weighted by molar-refractivity contribution is 0.112. The minimum atomic E-state index is -0.0815. The zero-order valence-corrected chi connectivity index (χ0v) is 11.2. The summed E-state index contributed by atoms with van der Waals surface area (Å²) in [7, 11) is 1.59. The molecule has 1 aliphatic rings. The molecule has 1 heterocycles. The van der Waals surface area contributed by atoms with Crippen molar-refractivity contribution in [3.8, 4) is 11.5 Å². The van der Waals surface area contributed by atoms with E-state index in [-0.39, 0.29) is 6.10 Å². The lowest BCUT2D eigenvalue weighted by Gasteiger charge is -2.16. The highest BCUT2D eigenvalue weighted by molar-refractivity contribution is 5.76. The lowest BCUT2D eigenvalue weighted by atomic mass is 10.2. The van der Waals surface area contributed by atoms with E-state index < -0.39 is 0 Å². The van der Waals surface area contributed by atoms with Gasteiger partial charge in [-0.05, 0) is 42.7 Å². The molecule has 1 unspecified atom stereocenters. The molecule has 3 rings (SSSR count). The molecule has 0 saturated carbocycles. The Hall–Kier alpha value is -2.36.